The highest BCUT2D eigenvalue weighted by Gasteiger charge is 2.42. The fraction of sp³-hybridized carbons (Fsp3) is 0.441. The topological polar surface area (TPSA) is 74.8 Å². The van der Waals surface area contributed by atoms with Gasteiger partial charge < -0.3 is 19.9 Å². The van der Waals surface area contributed by atoms with Crippen molar-refractivity contribution in [1.29, 1.82) is 0 Å². The third-order valence-electron chi connectivity index (χ3n) is 9.67. The number of rotatable bonds is 8. The highest BCUT2D eigenvalue weighted by atomic mass is 16.5. The summed E-state index contributed by atoms with van der Waals surface area (Å²) in [5.74, 6) is -0.360. The van der Waals surface area contributed by atoms with E-state index < -0.39 is 0 Å². The molecule has 0 fully saturated rings. The number of carbonyl (C=O) groups excluding carboxylic acids is 2. The van der Waals surface area contributed by atoms with Crippen LogP contribution in [0, 0.1) is 12.8 Å². The minimum absolute atomic E-state index is 0.0723. The predicted molar refractivity (Wildman–Crippen MR) is 167 cm³/mol. The molecule has 6 rings (SSSR count). The molecule has 2 aromatic rings. The molecule has 3 aliphatic heterocycles. The average molecular weight is 563 g/mol. The number of allylic oxidation sites excluding steroid dienone is 2. The Hall–Kier alpha value is -3.81. The molecule has 1 aliphatic carbocycles. The van der Waals surface area contributed by atoms with Gasteiger partial charge in [-0.15, -0.1) is 0 Å². The molecule has 0 saturated heterocycles. The number of amides is 1. The fourth-order valence-corrected chi connectivity index (χ4v) is 7.10. The van der Waals surface area contributed by atoms with Crippen LogP contribution in [0.25, 0.3) is 16.6 Å². The Morgan fingerprint density at radius 3 is 2.83 bits per heavy atom. The van der Waals surface area contributed by atoms with Gasteiger partial charge in [0.1, 0.15) is 14.5 Å². The van der Waals surface area contributed by atoms with Crippen LogP contribution < -0.4 is 10.8 Å². The Morgan fingerprint density at radius 2 is 2.10 bits per heavy atom. The number of nitrogens with zero attached hydrogens (tertiary/aromatic N) is 3. The molecule has 1 aromatic heterocycles. The minimum atomic E-state index is -0.312. The van der Waals surface area contributed by atoms with Crippen molar-refractivity contribution in [3.63, 3.8) is 0 Å². The second kappa shape index (κ2) is 10.8. The van der Waals surface area contributed by atoms with E-state index in [4.69, 9.17) is 17.6 Å². The molecule has 0 saturated carbocycles. The Bertz CT molecular complexity index is 1620. The van der Waals surface area contributed by atoms with E-state index in [0.29, 0.717) is 19.4 Å². The number of hydrogen-bond donors (Lipinski definition) is 1. The third kappa shape index (κ3) is 4.38. The van der Waals surface area contributed by atoms with Crippen LogP contribution in [0.2, 0.25) is 0 Å². The van der Waals surface area contributed by atoms with Crippen molar-refractivity contribution in [3.05, 3.63) is 75.8 Å². The molecular weight excluding hydrogens is 523 g/mol. The van der Waals surface area contributed by atoms with Gasteiger partial charge in [-0.25, -0.2) is 4.98 Å². The summed E-state index contributed by atoms with van der Waals surface area (Å²) in [7, 11) is 8.44. The SMILES string of the molecule is [B]c1cc2nc3c(c4c2c(c1C)CCC4N(C)C(=O)CCCNC(=C)CC)CN1C(=C)C2=C(C=C31)C(CC)C(=O)OC2. The second-order valence-electron chi connectivity index (χ2n) is 11.9. The van der Waals surface area contributed by atoms with E-state index in [-0.39, 0.29) is 30.4 Å². The van der Waals surface area contributed by atoms with E-state index >= 15 is 0 Å². The van der Waals surface area contributed by atoms with Gasteiger partial charge in [-0.05, 0) is 67.9 Å². The number of aryl methyl sites for hydroxylation is 1. The van der Waals surface area contributed by atoms with Crippen LogP contribution in [-0.4, -0.2) is 54.7 Å². The van der Waals surface area contributed by atoms with Gasteiger partial charge >= 0.3 is 5.97 Å². The summed E-state index contributed by atoms with van der Waals surface area (Å²) in [6.07, 6.45) is 6.55. The molecule has 1 N–H and O–H groups in total. The summed E-state index contributed by atoms with van der Waals surface area (Å²) >= 11 is 0. The Morgan fingerprint density at radius 1 is 1.31 bits per heavy atom. The van der Waals surface area contributed by atoms with Crippen LogP contribution in [-0.2, 0) is 27.3 Å². The van der Waals surface area contributed by atoms with Gasteiger partial charge in [0.25, 0.3) is 0 Å². The smallest absolute Gasteiger partial charge is 0.313 e. The molecular formula is C34H39BN4O3. The number of fused-ring (bicyclic) bond motifs is 4. The Kier molecular flexibility index (Phi) is 7.28. The minimum Gasteiger partial charge on any atom is -0.460 e. The summed E-state index contributed by atoms with van der Waals surface area (Å²) in [5, 5.41) is 4.44. The average Bonchev–Trinajstić information content (AvgIpc) is 3.35. The van der Waals surface area contributed by atoms with Crippen molar-refractivity contribution in [3.8, 4) is 0 Å². The maximum Gasteiger partial charge on any atom is 0.313 e. The predicted octanol–water partition coefficient (Wildman–Crippen LogP) is 4.64. The van der Waals surface area contributed by atoms with E-state index in [0.717, 1.165) is 93.7 Å². The summed E-state index contributed by atoms with van der Waals surface area (Å²) in [6.45, 7) is 16.2. The maximum absolute atomic E-state index is 13.5. The van der Waals surface area contributed by atoms with Gasteiger partial charge in [0.15, 0.2) is 0 Å². The van der Waals surface area contributed by atoms with E-state index in [9.17, 15) is 9.59 Å². The molecule has 8 heteroatoms. The number of esters is 1. The van der Waals surface area contributed by atoms with Crippen molar-refractivity contribution in [2.75, 3.05) is 20.2 Å². The van der Waals surface area contributed by atoms with Crippen LogP contribution in [0.15, 0.2) is 47.8 Å². The molecule has 4 heterocycles. The van der Waals surface area contributed by atoms with Gasteiger partial charge in [0.05, 0.1) is 35.4 Å². The lowest BCUT2D eigenvalue weighted by molar-refractivity contribution is -0.147. The van der Waals surface area contributed by atoms with Gasteiger partial charge in [0, 0.05) is 47.9 Å². The van der Waals surface area contributed by atoms with Crippen LogP contribution in [0.1, 0.15) is 79.9 Å². The zero-order chi connectivity index (χ0) is 29.9. The number of carbonyl (C=O) groups is 2. The molecule has 42 heavy (non-hydrogen) atoms. The highest BCUT2D eigenvalue weighted by Crippen LogP contribution is 2.50. The first-order chi connectivity index (χ1) is 20.2. The summed E-state index contributed by atoms with van der Waals surface area (Å²) in [4.78, 5) is 35.5. The zero-order valence-corrected chi connectivity index (χ0v) is 25.2. The van der Waals surface area contributed by atoms with E-state index in [1.807, 2.05) is 24.9 Å². The zero-order valence-electron chi connectivity index (χ0n) is 25.2. The first-order valence-corrected chi connectivity index (χ1v) is 15.2. The molecule has 0 bridgehead atoms. The molecule has 2 unspecified atom stereocenters. The lowest BCUT2D eigenvalue weighted by atomic mass is 9.77. The van der Waals surface area contributed by atoms with Gasteiger partial charge in [0.2, 0.25) is 5.91 Å². The monoisotopic (exact) mass is 562 g/mol. The number of aromatic nitrogens is 1. The molecule has 7 nitrogen and oxygen atoms in total. The van der Waals surface area contributed by atoms with Gasteiger partial charge in [-0.1, -0.05) is 38.0 Å². The van der Waals surface area contributed by atoms with E-state index in [2.05, 4.69) is 43.3 Å². The quantitative estimate of drug-likeness (QED) is 0.287. The molecule has 1 amide bonds. The number of ether oxygens (including phenoxy) is 1. The van der Waals surface area contributed by atoms with Crippen LogP contribution in [0.4, 0.5) is 0 Å². The van der Waals surface area contributed by atoms with E-state index in [1.54, 1.807) is 0 Å². The molecule has 2 radical (unpaired) electrons. The molecule has 1 aromatic carbocycles. The van der Waals surface area contributed by atoms with Crippen LogP contribution in [0.5, 0.6) is 0 Å². The summed E-state index contributed by atoms with van der Waals surface area (Å²) < 4.78 is 5.54. The Balaban J connectivity index is 1.44. The number of benzene rings is 1. The molecule has 4 aliphatic rings. The van der Waals surface area contributed by atoms with E-state index in [1.165, 1.54) is 11.1 Å². The van der Waals surface area contributed by atoms with Crippen LogP contribution >= 0.6 is 0 Å². The number of nitrogens with one attached hydrogen (secondary N) is 1. The summed E-state index contributed by atoms with van der Waals surface area (Å²) in [6, 6.07) is 1.91. The standard InChI is InChI=1S/C34H39BN4O3/c1-7-18(3)36-13-9-10-30(40)38(6)28-12-11-22-19(4)26(35)15-27-31(22)32(28)24-16-39-20(5)25-17-42-34(41)21(8-2)23(25)14-29(39)33(24)37-27/h14-15,21,28,36H,3,5,7-13,16-17H2,1-2,4,6H3. The third-order valence-corrected chi connectivity index (χ3v) is 9.67. The van der Waals surface area contributed by atoms with Crippen molar-refractivity contribution in [1.82, 2.24) is 20.1 Å². The first kappa shape index (κ1) is 28.3. The lowest BCUT2D eigenvalue weighted by Gasteiger charge is -2.36. The Labute approximate surface area is 249 Å². The largest absolute Gasteiger partial charge is 0.460 e. The van der Waals surface area contributed by atoms with Gasteiger partial charge in [-0.3, -0.25) is 9.59 Å². The highest BCUT2D eigenvalue weighted by molar-refractivity contribution is 6.34. The van der Waals surface area contributed by atoms with Crippen molar-refractivity contribution in [2.24, 2.45) is 5.92 Å². The normalized spacial score (nSPS) is 20.6. The van der Waals surface area contributed by atoms with Gasteiger partial charge in [-0.2, -0.15) is 0 Å². The van der Waals surface area contributed by atoms with Crippen molar-refractivity contribution in [2.45, 2.75) is 71.9 Å². The second-order valence-corrected chi connectivity index (χ2v) is 11.9. The van der Waals surface area contributed by atoms with Crippen molar-refractivity contribution < 1.29 is 14.3 Å². The fourth-order valence-electron chi connectivity index (χ4n) is 7.10. The number of hydrogen-bond acceptors (Lipinski definition) is 6. The first-order valence-electron chi connectivity index (χ1n) is 15.2. The molecule has 0 spiro atoms. The number of pyridine rings is 1. The number of cyclic esters (lactones) is 1. The summed E-state index contributed by atoms with van der Waals surface area (Å²) in [5.41, 5.74) is 11.9. The molecule has 2 atom stereocenters. The molecule has 216 valence electrons. The maximum atomic E-state index is 13.5. The van der Waals surface area contributed by atoms with Crippen molar-refractivity contribution >= 4 is 41.8 Å². The van der Waals surface area contributed by atoms with Crippen LogP contribution in [0.3, 0.4) is 0 Å². The lowest BCUT2D eigenvalue weighted by Crippen LogP contribution is -2.35.